The molecule has 2 heterocycles. The second kappa shape index (κ2) is 8.98. The number of thioether (sulfide) groups is 1. The molecule has 1 fully saturated rings. The van der Waals surface area contributed by atoms with Crippen LogP contribution in [0.1, 0.15) is 30.4 Å². The van der Waals surface area contributed by atoms with Crippen LogP contribution in [-0.2, 0) is 9.59 Å². The predicted molar refractivity (Wildman–Crippen MR) is 103 cm³/mol. The fourth-order valence-corrected chi connectivity index (χ4v) is 3.80. The smallest absolute Gasteiger partial charge is 0.230 e. The van der Waals surface area contributed by atoms with Crippen LogP contribution in [0.5, 0.6) is 0 Å². The molecule has 1 aliphatic heterocycles. The molecule has 0 saturated carbocycles. The van der Waals surface area contributed by atoms with Gasteiger partial charge in [0, 0.05) is 26.1 Å². The minimum absolute atomic E-state index is 0.0667. The van der Waals surface area contributed by atoms with Crippen LogP contribution in [0.4, 0.5) is 0 Å². The van der Waals surface area contributed by atoms with Crippen LogP contribution in [0.15, 0.2) is 23.4 Å². The molecule has 0 radical (unpaired) electrons. The van der Waals surface area contributed by atoms with Gasteiger partial charge in [-0.15, -0.1) is 5.10 Å². The van der Waals surface area contributed by atoms with Gasteiger partial charge in [-0.2, -0.15) is 4.68 Å². The average molecular weight is 388 g/mol. The molecule has 0 aliphatic carbocycles. The largest absolute Gasteiger partial charge is 0.355 e. The Morgan fingerprint density at radius 2 is 2.19 bits per heavy atom. The Bertz CT molecular complexity index is 822. The van der Waals surface area contributed by atoms with Crippen molar-refractivity contribution in [1.82, 2.24) is 30.4 Å². The summed E-state index contributed by atoms with van der Waals surface area (Å²) in [6, 6.07) is 6.06. The van der Waals surface area contributed by atoms with Gasteiger partial charge in [0.05, 0.1) is 11.4 Å². The third-order valence-electron chi connectivity index (χ3n) is 4.45. The molecular weight excluding hydrogens is 364 g/mol. The molecule has 0 bridgehead atoms. The number of carbonyl (C=O) groups excluding carboxylic acids is 2. The van der Waals surface area contributed by atoms with Gasteiger partial charge in [-0.25, -0.2) is 0 Å². The zero-order valence-corrected chi connectivity index (χ0v) is 16.5. The molecule has 9 heteroatoms. The number of benzene rings is 1. The number of tetrazole rings is 1. The van der Waals surface area contributed by atoms with E-state index in [1.165, 1.54) is 17.3 Å². The normalized spacial score (nSPS) is 14.0. The molecule has 1 N–H and O–H groups in total. The number of hydrogen-bond donors (Lipinski definition) is 1. The van der Waals surface area contributed by atoms with E-state index in [-0.39, 0.29) is 17.6 Å². The van der Waals surface area contributed by atoms with E-state index in [2.05, 4.69) is 26.9 Å². The highest BCUT2D eigenvalue weighted by Gasteiger charge is 2.19. The lowest BCUT2D eigenvalue weighted by Crippen LogP contribution is -2.31. The molecule has 1 aromatic heterocycles. The highest BCUT2D eigenvalue weighted by molar-refractivity contribution is 7.99. The molecule has 144 valence electrons. The van der Waals surface area contributed by atoms with Crippen molar-refractivity contribution in [3.63, 3.8) is 0 Å². The Kier molecular flexibility index (Phi) is 6.44. The van der Waals surface area contributed by atoms with Crippen molar-refractivity contribution in [3.8, 4) is 5.69 Å². The number of carbonyl (C=O) groups is 2. The van der Waals surface area contributed by atoms with Crippen LogP contribution < -0.4 is 5.32 Å². The molecule has 2 amide bonds. The number of hydrogen-bond acceptors (Lipinski definition) is 6. The molecule has 0 spiro atoms. The lowest BCUT2D eigenvalue weighted by atomic mass is 10.1. The van der Waals surface area contributed by atoms with E-state index < -0.39 is 0 Å². The summed E-state index contributed by atoms with van der Waals surface area (Å²) in [7, 11) is 0. The Hall–Kier alpha value is -2.42. The second-order valence-electron chi connectivity index (χ2n) is 6.64. The summed E-state index contributed by atoms with van der Waals surface area (Å²) < 4.78 is 1.66. The van der Waals surface area contributed by atoms with Crippen LogP contribution in [-0.4, -0.2) is 62.3 Å². The maximum absolute atomic E-state index is 12.1. The number of amides is 2. The van der Waals surface area contributed by atoms with Crippen molar-refractivity contribution in [1.29, 1.82) is 0 Å². The van der Waals surface area contributed by atoms with Crippen molar-refractivity contribution >= 4 is 23.6 Å². The maximum Gasteiger partial charge on any atom is 0.230 e. The van der Waals surface area contributed by atoms with Crippen molar-refractivity contribution in [2.45, 2.75) is 38.3 Å². The van der Waals surface area contributed by atoms with E-state index in [1.807, 2.05) is 30.9 Å². The Morgan fingerprint density at radius 1 is 1.33 bits per heavy atom. The minimum Gasteiger partial charge on any atom is -0.355 e. The van der Waals surface area contributed by atoms with Crippen LogP contribution in [0.2, 0.25) is 0 Å². The first-order valence-electron chi connectivity index (χ1n) is 9.08. The first-order chi connectivity index (χ1) is 13.0. The highest BCUT2D eigenvalue weighted by atomic mass is 32.2. The monoisotopic (exact) mass is 388 g/mol. The summed E-state index contributed by atoms with van der Waals surface area (Å²) in [6.07, 6.45) is 2.36. The van der Waals surface area contributed by atoms with Crippen LogP contribution in [0, 0.1) is 13.8 Å². The summed E-state index contributed by atoms with van der Waals surface area (Å²) in [5, 5.41) is 15.3. The molecule has 1 aromatic carbocycles. The molecular formula is C18H24N6O2S. The number of rotatable bonds is 8. The van der Waals surface area contributed by atoms with Crippen molar-refractivity contribution in [2.24, 2.45) is 0 Å². The van der Waals surface area contributed by atoms with E-state index in [4.69, 9.17) is 0 Å². The molecule has 3 rings (SSSR count). The van der Waals surface area contributed by atoms with Crippen molar-refractivity contribution < 1.29 is 9.59 Å². The zero-order chi connectivity index (χ0) is 19.2. The predicted octanol–water partition coefficient (Wildman–Crippen LogP) is 1.50. The lowest BCUT2D eigenvalue weighted by Gasteiger charge is -2.15. The topological polar surface area (TPSA) is 93.0 Å². The zero-order valence-electron chi connectivity index (χ0n) is 15.6. The van der Waals surface area contributed by atoms with E-state index in [1.54, 1.807) is 4.68 Å². The van der Waals surface area contributed by atoms with Gasteiger partial charge in [0.2, 0.25) is 17.0 Å². The number of aryl methyl sites for hydroxylation is 2. The maximum atomic E-state index is 12.1. The third-order valence-corrected chi connectivity index (χ3v) is 5.37. The number of likely N-dealkylation sites (tertiary alicyclic amines) is 1. The molecule has 1 aliphatic rings. The highest BCUT2D eigenvalue weighted by Crippen LogP contribution is 2.21. The standard InChI is InChI=1S/C18H24N6O2S/c1-13-6-7-15(14(2)11-13)24-18(20-21-22-24)27-12-16(25)19-8-4-10-23-9-3-5-17(23)26/h6-7,11H,3-5,8-10,12H2,1-2H3,(H,19,25). The van der Waals surface area contributed by atoms with Crippen LogP contribution >= 0.6 is 11.8 Å². The Labute approximate surface area is 162 Å². The van der Waals surface area contributed by atoms with E-state index in [0.29, 0.717) is 24.7 Å². The molecule has 1 saturated heterocycles. The first-order valence-corrected chi connectivity index (χ1v) is 10.1. The van der Waals surface area contributed by atoms with Gasteiger partial charge < -0.3 is 10.2 Å². The quantitative estimate of drug-likeness (QED) is 0.544. The second-order valence-corrected chi connectivity index (χ2v) is 7.58. The third kappa shape index (κ3) is 5.06. The van der Waals surface area contributed by atoms with Crippen molar-refractivity contribution in [3.05, 3.63) is 29.3 Å². The van der Waals surface area contributed by atoms with Crippen LogP contribution in [0.3, 0.4) is 0 Å². The fraction of sp³-hybridized carbons (Fsp3) is 0.500. The van der Waals surface area contributed by atoms with Gasteiger partial charge >= 0.3 is 0 Å². The van der Waals surface area contributed by atoms with Crippen LogP contribution in [0.25, 0.3) is 5.69 Å². The molecule has 8 nitrogen and oxygen atoms in total. The van der Waals surface area contributed by atoms with Gasteiger partial charge in [0.25, 0.3) is 0 Å². The summed E-state index contributed by atoms with van der Waals surface area (Å²) >= 11 is 1.30. The molecule has 2 aromatic rings. The number of nitrogens with one attached hydrogen (secondary N) is 1. The average Bonchev–Trinajstić information content (AvgIpc) is 3.26. The van der Waals surface area contributed by atoms with Gasteiger partial charge in [-0.3, -0.25) is 9.59 Å². The summed E-state index contributed by atoms with van der Waals surface area (Å²) in [4.78, 5) is 25.5. The lowest BCUT2D eigenvalue weighted by molar-refractivity contribution is -0.127. The molecule has 27 heavy (non-hydrogen) atoms. The van der Waals surface area contributed by atoms with E-state index in [0.717, 1.165) is 30.6 Å². The summed E-state index contributed by atoms with van der Waals surface area (Å²) in [5.74, 6) is 0.395. The fourth-order valence-electron chi connectivity index (χ4n) is 3.08. The minimum atomic E-state index is -0.0667. The van der Waals surface area contributed by atoms with Gasteiger partial charge in [0.1, 0.15) is 0 Å². The SMILES string of the molecule is Cc1ccc(-n2nnnc2SCC(=O)NCCCN2CCCC2=O)c(C)c1. The van der Waals surface area contributed by atoms with Gasteiger partial charge in [-0.05, 0) is 48.7 Å². The van der Waals surface area contributed by atoms with Gasteiger partial charge in [-0.1, -0.05) is 29.5 Å². The molecule has 0 atom stereocenters. The number of nitrogens with zero attached hydrogens (tertiary/aromatic N) is 5. The Balaban J connectivity index is 1.45. The number of aromatic nitrogens is 4. The van der Waals surface area contributed by atoms with Gasteiger partial charge in [0.15, 0.2) is 0 Å². The molecule has 0 unspecified atom stereocenters. The first kappa shape index (κ1) is 19.3. The summed E-state index contributed by atoms with van der Waals surface area (Å²) in [5.41, 5.74) is 3.15. The van der Waals surface area contributed by atoms with E-state index in [9.17, 15) is 9.59 Å². The Morgan fingerprint density at radius 3 is 2.93 bits per heavy atom. The van der Waals surface area contributed by atoms with E-state index >= 15 is 0 Å². The van der Waals surface area contributed by atoms with Crippen molar-refractivity contribution in [2.75, 3.05) is 25.4 Å². The summed E-state index contributed by atoms with van der Waals surface area (Å²) in [6.45, 7) is 6.15.